The van der Waals surface area contributed by atoms with Crippen molar-refractivity contribution in [3.8, 4) is 5.75 Å². The molecule has 2 aromatic rings. The van der Waals surface area contributed by atoms with Gasteiger partial charge in [-0.1, -0.05) is 17.8 Å². The molecule has 0 atom stereocenters. The Balaban J connectivity index is 1.79. The number of hydrazine groups is 1. The minimum absolute atomic E-state index is 0.0309. The van der Waals surface area contributed by atoms with Crippen LogP contribution in [0.25, 0.3) is 6.08 Å². The van der Waals surface area contributed by atoms with Gasteiger partial charge in [0.05, 0.1) is 4.91 Å². The van der Waals surface area contributed by atoms with E-state index in [4.69, 9.17) is 12.2 Å². The predicted molar refractivity (Wildman–Crippen MR) is 96.0 cm³/mol. The first-order valence-corrected chi connectivity index (χ1v) is 8.17. The Kier molecular flexibility index (Phi) is 4.41. The summed E-state index contributed by atoms with van der Waals surface area (Å²) in [6.07, 6.45) is 3.59. The van der Waals surface area contributed by atoms with E-state index in [-0.39, 0.29) is 21.5 Å². The van der Waals surface area contributed by atoms with Crippen LogP contribution in [-0.2, 0) is 11.8 Å². The summed E-state index contributed by atoms with van der Waals surface area (Å²) in [6, 6.07) is 9.59. The van der Waals surface area contributed by atoms with Gasteiger partial charge in [0.1, 0.15) is 5.75 Å². The third-order valence-electron chi connectivity index (χ3n) is 3.38. The van der Waals surface area contributed by atoms with Crippen LogP contribution in [0.5, 0.6) is 5.75 Å². The van der Waals surface area contributed by atoms with Crippen molar-refractivity contribution in [1.82, 2.24) is 15.0 Å². The topological polar surface area (TPSA) is 74.6 Å². The summed E-state index contributed by atoms with van der Waals surface area (Å²) in [5.74, 6) is -0.946. The van der Waals surface area contributed by atoms with Crippen molar-refractivity contribution >= 4 is 46.2 Å². The van der Waals surface area contributed by atoms with Crippen LogP contribution in [0, 0.1) is 0 Å². The molecule has 1 fully saturated rings. The number of rotatable bonds is 3. The summed E-state index contributed by atoms with van der Waals surface area (Å²) < 4.78 is 2.12. The van der Waals surface area contributed by atoms with E-state index < -0.39 is 5.91 Å². The van der Waals surface area contributed by atoms with E-state index in [0.29, 0.717) is 4.91 Å². The number of hydrogen-bond acceptors (Lipinski definition) is 5. The van der Waals surface area contributed by atoms with Gasteiger partial charge in [-0.2, -0.15) is 5.01 Å². The third kappa shape index (κ3) is 3.19. The molecule has 0 radical (unpaired) electrons. The highest BCUT2D eigenvalue weighted by Gasteiger charge is 2.34. The third-order valence-corrected chi connectivity index (χ3v) is 4.68. The van der Waals surface area contributed by atoms with E-state index in [2.05, 4.69) is 5.43 Å². The summed E-state index contributed by atoms with van der Waals surface area (Å²) >= 11 is 6.29. The molecule has 24 heavy (non-hydrogen) atoms. The Morgan fingerprint density at radius 1 is 1.33 bits per heavy atom. The molecule has 0 aliphatic carbocycles. The molecule has 0 unspecified atom stereocenters. The molecule has 8 heteroatoms. The number of carbonyl (C=O) groups is 2. The number of aromatic hydroxyl groups is 1. The predicted octanol–water partition coefficient (Wildman–Crippen LogP) is 2.28. The number of benzene rings is 1. The average Bonchev–Trinajstić information content (AvgIpc) is 3.06. The number of nitrogens with one attached hydrogen (secondary N) is 1. The lowest BCUT2D eigenvalue weighted by Crippen LogP contribution is -2.44. The molecular formula is C16H13N3O3S2. The highest BCUT2D eigenvalue weighted by molar-refractivity contribution is 8.26. The zero-order valence-corrected chi connectivity index (χ0v) is 14.2. The van der Waals surface area contributed by atoms with Gasteiger partial charge >= 0.3 is 0 Å². The minimum Gasteiger partial charge on any atom is -0.508 e. The molecule has 3 rings (SSSR count). The molecular weight excluding hydrogens is 346 g/mol. The maximum absolute atomic E-state index is 12.5. The second-order valence-electron chi connectivity index (χ2n) is 5.05. The summed E-state index contributed by atoms with van der Waals surface area (Å²) in [5.41, 5.74) is 3.56. The van der Waals surface area contributed by atoms with Crippen LogP contribution in [0.2, 0.25) is 0 Å². The Bertz CT molecular complexity index is 873. The summed E-state index contributed by atoms with van der Waals surface area (Å²) in [7, 11) is 1.87. The van der Waals surface area contributed by atoms with E-state index >= 15 is 0 Å². The van der Waals surface area contributed by atoms with Crippen LogP contribution < -0.4 is 5.43 Å². The van der Waals surface area contributed by atoms with Crippen molar-refractivity contribution in [2.45, 2.75) is 0 Å². The molecule has 0 saturated carbocycles. The van der Waals surface area contributed by atoms with Gasteiger partial charge in [0.15, 0.2) is 4.32 Å². The number of thioether (sulfide) groups is 1. The molecule has 1 saturated heterocycles. The highest BCUT2D eigenvalue weighted by Crippen LogP contribution is 2.31. The first kappa shape index (κ1) is 16.3. The zero-order valence-electron chi connectivity index (χ0n) is 12.6. The smallest absolute Gasteiger partial charge is 0.285 e. The lowest BCUT2D eigenvalue weighted by Gasteiger charge is -2.15. The Morgan fingerprint density at radius 2 is 2.12 bits per heavy atom. The van der Waals surface area contributed by atoms with Gasteiger partial charge in [-0.25, -0.2) is 0 Å². The fourth-order valence-corrected chi connectivity index (χ4v) is 3.30. The molecule has 122 valence electrons. The minimum atomic E-state index is -0.526. The van der Waals surface area contributed by atoms with E-state index in [0.717, 1.165) is 22.5 Å². The number of amides is 2. The van der Waals surface area contributed by atoms with Gasteiger partial charge in [0.25, 0.3) is 11.8 Å². The van der Waals surface area contributed by atoms with Crippen LogP contribution in [0.3, 0.4) is 0 Å². The zero-order chi connectivity index (χ0) is 17.3. The van der Waals surface area contributed by atoms with Gasteiger partial charge in [0, 0.05) is 24.5 Å². The largest absolute Gasteiger partial charge is 0.508 e. The van der Waals surface area contributed by atoms with E-state index in [1.165, 1.54) is 18.2 Å². The van der Waals surface area contributed by atoms with Gasteiger partial charge in [-0.15, -0.1) is 0 Å². The molecule has 1 aliphatic heterocycles. The first-order valence-electron chi connectivity index (χ1n) is 6.95. The van der Waals surface area contributed by atoms with Crippen molar-refractivity contribution in [3.63, 3.8) is 0 Å². The summed E-state index contributed by atoms with van der Waals surface area (Å²) in [5, 5.41) is 10.5. The maximum Gasteiger partial charge on any atom is 0.285 e. The fraction of sp³-hybridized carbons (Fsp3) is 0.0625. The number of carbonyl (C=O) groups excluding carboxylic acids is 2. The number of aryl methyl sites for hydroxylation is 1. The summed E-state index contributed by atoms with van der Waals surface area (Å²) in [4.78, 5) is 25.1. The number of aromatic nitrogens is 1. The van der Waals surface area contributed by atoms with Crippen molar-refractivity contribution in [2.75, 3.05) is 0 Å². The van der Waals surface area contributed by atoms with Gasteiger partial charge in [-0.05, 0) is 48.6 Å². The molecule has 6 nitrogen and oxygen atoms in total. The Labute approximate surface area is 147 Å². The monoisotopic (exact) mass is 359 g/mol. The molecule has 2 amide bonds. The molecule has 0 bridgehead atoms. The second kappa shape index (κ2) is 6.50. The van der Waals surface area contributed by atoms with Gasteiger partial charge in [-0.3, -0.25) is 15.0 Å². The lowest BCUT2D eigenvalue weighted by atomic mass is 10.2. The number of phenols is 1. The van der Waals surface area contributed by atoms with Crippen LogP contribution in [0.1, 0.15) is 16.1 Å². The number of phenolic OH excluding ortho intramolecular Hbond substituents is 1. The molecule has 2 N–H and O–H groups in total. The average molecular weight is 359 g/mol. The highest BCUT2D eigenvalue weighted by atomic mass is 32.2. The van der Waals surface area contributed by atoms with Crippen LogP contribution in [0.4, 0.5) is 0 Å². The van der Waals surface area contributed by atoms with Gasteiger partial charge in [0.2, 0.25) is 0 Å². The van der Waals surface area contributed by atoms with Crippen LogP contribution >= 0.6 is 24.0 Å². The van der Waals surface area contributed by atoms with Crippen molar-refractivity contribution < 1.29 is 14.7 Å². The number of thiocarbonyl (C=S) groups is 1. The fourth-order valence-electron chi connectivity index (χ4n) is 2.14. The molecule has 0 spiro atoms. The number of hydrogen-bond donors (Lipinski definition) is 2. The molecule has 1 aromatic carbocycles. The quantitative estimate of drug-likeness (QED) is 0.650. The normalized spacial score (nSPS) is 16.0. The summed E-state index contributed by atoms with van der Waals surface area (Å²) in [6.45, 7) is 0. The Hall–Kier alpha value is -2.58. The standard InChI is InChI=1S/C16H13N3O3S2/c1-18-7-3-5-11(18)9-13-15(22)19(16(23)24-13)17-14(21)10-4-2-6-12(20)8-10/h2-9,20H,1H3,(H,17,21)/b13-9-. The van der Waals surface area contributed by atoms with E-state index in [1.54, 1.807) is 12.1 Å². The lowest BCUT2D eigenvalue weighted by molar-refractivity contribution is -0.123. The molecule has 1 aliphatic rings. The van der Waals surface area contributed by atoms with Crippen molar-refractivity contribution in [2.24, 2.45) is 7.05 Å². The molecule has 1 aromatic heterocycles. The number of nitrogens with zero attached hydrogens (tertiary/aromatic N) is 2. The van der Waals surface area contributed by atoms with Crippen molar-refractivity contribution in [1.29, 1.82) is 0 Å². The first-order chi connectivity index (χ1) is 11.5. The van der Waals surface area contributed by atoms with Crippen LogP contribution in [0.15, 0.2) is 47.5 Å². The van der Waals surface area contributed by atoms with Crippen LogP contribution in [-0.4, -0.2) is 30.8 Å². The van der Waals surface area contributed by atoms with E-state index in [9.17, 15) is 14.7 Å². The van der Waals surface area contributed by atoms with Gasteiger partial charge < -0.3 is 9.67 Å². The second-order valence-corrected chi connectivity index (χ2v) is 6.73. The Morgan fingerprint density at radius 3 is 2.79 bits per heavy atom. The van der Waals surface area contributed by atoms with E-state index in [1.807, 2.05) is 29.9 Å². The SMILES string of the molecule is Cn1cccc1/C=C1\SC(=S)N(NC(=O)c2cccc(O)c2)C1=O. The maximum atomic E-state index is 12.5. The van der Waals surface area contributed by atoms with Crippen molar-refractivity contribution in [3.05, 3.63) is 58.8 Å². The molecule has 2 heterocycles.